The third-order valence-corrected chi connectivity index (χ3v) is 8.01. The molecule has 4 rings (SSSR count). The quantitative estimate of drug-likeness (QED) is 0.689. The number of nitrogens with one attached hydrogen (secondary N) is 1. The molecule has 33 heavy (non-hydrogen) atoms. The van der Waals surface area contributed by atoms with Gasteiger partial charge >= 0.3 is 0 Å². The molecule has 10 heteroatoms. The van der Waals surface area contributed by atoms with Crippen LogP contribution in [-0.2, 0) is 14.8 Å². The number of anilines is 2. The summed E-state index contributed by atoms with van der Waals surface area (Å²) in [6, 6.07) is 11.0. The number of rotatable bonds is 6. The number of hydrogen-bond acceptors (Lipinski definition) is 6. The number of sulfonamides is 1. The summed E-state index contributed by atoms with van der Waals surface area (Å²) in [6.07, 6.45) is 0. The van der Waals surface area contributed by atoms with Gasteiger partial charge in [-0.1, -0.05) is 19.1 Å². The minimum atomic E-state index is -4.07. The second-order valence-electron chi connectivity index (χ2n) is 8.05. The summed E-state index contributed by atoms with van der Waals surface area (Å²) in [5, 5.41) is 2.88. The lowest BCUT2D eigenvalue weighted by Gasteiger charge is -2.36. The van der Waals surface area contributed by atoms with Gasteiger partial charge in [-0.25, -0.2) is 12.8 Å². The molecule has 2 aliphatic rings. The molecule has 0 unspecified atom stereocenters. The molecule has 2 aromatic carbocycles. The van der Waals surface area contributed by atoms with Gasteiger partial charge in [0.2, 0.25) is 10.0 Å². The molecule has 0 spiro atoms. The van der Waals surface area contributed by atoms with E-state index in [1.807, 2.05) is 24.3 Å². The summed E-state index contributed by atoms with van der Waals surface area (Å²) < 4.78 is 46.8. The summed E-state index contributed by atoms with van der Waals surface area (Å²) in [6.45, 7) is 7.53. The van der Waals surface area contributed by atoms with Crippen LogP contribution in [0.15, 0.2) is 47.4 Å². The average molecular weight is 477 g/mol. The van der Waals surface area contributed by atoms with Crippen molar-refractivity contribution < 1.29 is 22.3 Å². The van der Waals surface area contributed by atoms with Gasteiger partial charge in [0.15, 0.2) is 0 Å². The maximum absolute atomic E-state index is 14.5. The normalized spacial score (nSPS) is 18.3. The highest BCUT2D eigenvalue weighted by Crippen LogP contribution is 2.28. The summed E-state index contributed by atoms with van der Waals surface area (Å²) >= 11 is 0. The Morgan fingerprint density at radius 2 is 1.73 bits per heavy atom. The lowest BCUT2D eigenvalue weighted by atomic mass is 10.1. The van der Waals surface area contributed by atoms with Crippen LogP contribution in [-0.4, -0.2) is 82.6 Å². The van der Waals surface area contributed by atoms with Gasteiger partial charge in [0, 0.05) is 44.8 Å². The number of ether oxygens (including phenoxy) is 1. The van der Waals surface area contributed by atoms with Crippen LogP contribution in [0.5, 0.6) is 0 Å². The predicted molar refractivity (Wildman–Crippen MR) is 125 cm³/mol. The van der Waals surface area contributed by atoms with E-state index in [9.17, 15) is 17.6 Å². The fraction of sp³-hybridized carbons (Fsp3) is 0.435. The van der Waals surface area contributed by atoms with Gasteiger partial charge in [0.05, 0.1) is 24.6 Å². The van der Waals surface area contributed by atoms with Crippen molar-refractivity contribution in [2.45, 2.75) is 11.8 Å². The standard InChI is InChI=1S/C23H29FN4O4S/c1-2-26-9-11-27(12-10-26)21-6-4-3-5-20(21)25-23(29)18-7-8-19(24)22(17-18)33(30,31)28-13-15-32-16-14-28/h3-8,17H,2,9-16H2,1H3,(H,25,29). The number of para-hydroxylation sites is 2. The first-order valence-corrected chi connectivity index (χ1v) is 12.6. The van der Waals surface area contributed by atoms with Gasteiger partial charge in [0.1, 0.15) is 10.7 Å². The number of carbonyl (C=O) groups excluding carboxylic acids is 1. The molecule has 0 aliphatic carbocycles. The van der Waals surface area contributed by atoms with Crippen molar-refractivity contribution in [1.82, 2.24) is 9.21 Å². The fourth-order valence-electron chi connectivity index (χ4n) is 4.12. The minimum absolute atomic E-state index is 0.0776. The molecule has 0 bridgehead atoms. The van der Waals surface area contributed by atoms with Crippen LogP contribution in [0.25, 0.3) is 0 Å². The van der Waals surface area contributed by atoms with Crippen LogP contribution in [0.3, 0.4) is 0 Å². The van der Waals surface area contributed by atoms with E-state index in [0.29, 0.717) is 5.69 Å². The molecule has 2 fully saturated rings. The third-order valence-electron chi connectivity index (χ3n) is 6.09. The Labute approximate surface area is 194 Å². The largest absolute Gasteiger partial charge is 0.379 e. The fourth-order valence-corrected chi connectivity index (χ4v) is 5.62. The van der Waals surface area contributed by atoms with E-state index in [0.717, 1.165) is 50.5 Å². The Morgan fingerprint density at radius 1 is 1.03 bits per heavy atom. The highest BCUT2D eigenvalue weighted by molar-refractivity contribution is 7.89. The number of benzene rings is 2. The summed E-state index contributed by atoms with van der Waals surface area (Å²) in [4.78, 5) is 17.1. The van der Waals surface area contributed by atoms with Gasteiger partial charge in [0.25, 0.3) is 5.91 Å². The smallest absolute Gasteiger partial charge is 0.255 e. The summed E-state index contributed by atoms with van der Waals surface area (Å²) in [5.41, 5.74) is 1.62. The maximum Gasteiger partial charge on any atom is 0.255 e. The number of morpholine rings is 1. The van der Waals surface area contributed by atoms with Gasteiger partial charge in [-0.05, 0) is 36.9 Å². The zero-order valence-corrected chi connectivity index (χ0v) is 19.5. The molecule has 2 saturated heterocycles. The molecule has 2 heterocycles. The SMILES string of the molecule is CCN1CCN(c2ccccc2NC(=O)c2ccc(F)c(S(=O)(=O)N3CCOCC3)c2)CC1. The molecule has 2 aromatic rings. The molecule has 178 valence electrons. The Bertz CT molecular complexity index is 1100. The topological polar surface area (TPSA) is 82.2 Å². The number of amides is 1. The molecule has 0 saturated carbocycles. The van der Waals surface area contributed by atoms with Crippen LogP contribution < -0.4 is 10.2 Å². The van der Waals surface area contributed by atoms with Crippen molar-refractivity contribution in [1.29, 1.82) is 0 Å². The van der Waals surface area contributed by atoms with Crippen LogP contribution in [0.2, 0.25) is 0 Å². The minimum Gasteiger partial charge on any atom is -0.379 e. The van der Waals surface area contributed by atoms with Crippen molar-refractivity contribution in [2.75, 3.05) is 69.2 Å². The monoisotopic (exact) mass is 476 g/mol. The summed E-state index contributed by atoms with van der Waals surface area (Å²) in [5.74, 6) is -1.37. The van der Waals surface area contributed by atoms with Crippen LogP contribution in [0.4, 0.5) is 15.8 Å². The molecular formula is C23H29FN4O4S. The first-order chi connectivity index (χ1) is 15.9. The Hall–Kier alpha value is -2.53. The van der Waals surface area contributed by atoms with E-state index in [4.69, 9.17) is 4.74 Å². The molecular weight excluding hydrogens is 447 g/mol. The molecule has 0 aromatic heterocycles. The third kappa shape index (κ3) is 5.19. The lowest BCUT2D eigenvalue weighted by molar-refractivity contribution is 0.0729. The zero-order chi connectivity index (χ0) is 23.4. The van der Waals surface area contributed by atoms with Gasteiger partial charge in [-0.15, -0.1) is 0 Å². The molecule has 2 aliphatic heterocycles. The second-order valence-corrected chi connectivity index (χ2v) is 9.96. The zero-order valence-electron chi connectivity index (χ0n) is 18.7. The van der Waals surface area contributed by atoms with E-state index in [1.165, 1.54) is 10.4 Å². The van der Waals surface area contributed by atoms with Gasteiger partial charge in [-0.2, -0.15) is 4.31 Å². The Morgan fingerprint density at radius 3 is 2.42 bits per heavy atom. The molecule has 0 atom stereocenters. The van der Waals surface area contributed by atoms with E-state index < -0.39 is 26.6 Å². The number of piperazine rings is 1. The number of likely N-dealkylation sites (N-methyl/N-ethyl adjacent to an activating group) is 1. The van der Waals surface area contributed by atoms with Crippen molar-refractivity contribution in [3.05, 3.63) is 53.8 Å². The molecule has 8 nitrogen and oxygen atoms in total. The van der Waals surface area contributed by atoms with E-state index in [1.54, 1.807) is 0 Å². The number of hydrogen-bond donors (Lipinski definition) is 1. The first kappa shape index (κ1) is 23.6. The molecule has 1 N–H and O–H groups in total. The Kier molecular flexibility index (Phi) is 7.28. The van der Waals surface area contributed by atoms with E-state index in [2.05, 4.69) is 22.0 Å². The number of nitrogens with zero attached hydrogens (tertiary/aromatic N) is 3. The number of halogens is 1. The van der Waals surface area contributed by atoms with Crippen molar-refractivity contribution in [3.63, 3.8) is 0 Å². The number of carbonyl (C=O) groups is 1. The molecule has 0 radical (unpaired) electrons. The average Bonchev–Trinajstić information content (AvgIpc) is 2.85. The van der Waals surface area contributed by atoms with Crippen molar-refractivity contribution in [2.24, 2.45) is 0 Å². The van der Waals surface area contributed by atoms with Crippen LogP contribution in [0.1, 0.15) is 17.3 Å². The Balaban J connectivity index is 1.55. The van der Waals surface area contributed by atoms with E-state index >= 15 is 0 Å². The van der Waals surface area contributed by atoms with Gasteiger partial charge < -0.3 is 19.9 Å². The lowest BCUT2D eigenvalue weighted by Crippen LogP contribution is -2.46. The van der Waals surface area contributed by atoms with E-state index in [-0.39, 0.29) is 31.9 Å². The highest BCUT2D eigenvalue weighted by atomic mass is 32.2. The van der Waals surface area contributed by atoms with Crippen molar-refractivity contribution in [3.8, 4) is 0 Å². The van der Waals surface area contributed by atoms with Crippen LogP contribution in [0, 0.1) is 5.82 Å². The van der Waals surface area contributed by atoms with Gasteiger partial charge in [-0.3, -0.25) is 4.79 Å². The predicted octanol–water partition coefficient (Wildman–Crippen LogP) is 2.24. The molecule has 1 amide bonds. The van der Waals surface area contributed by atoms with Crippen molar-refractivity contribution >= 4 is 27.3 Å². The second kappa shape index (κ2) is 10.2. The maximum atomic E-state index is 14.5. The van der Waals surface area contributed by atoms with Crippen LogP contribution >= 0.6 is 0 Å². The highest BCUT2D eigenvalue weighted by Gasteiger charge is 2.30. The summed E-state index contributed by atoms with van der Waals surface area (Å²) in [7, 11) is -4.07. The first-order valence-electron chi connectivity index (χ1n) is 11.2.